The van der Waals surface area contributed by atoms with Crippen LogP contribution in [0.15, 0.2) is 60.2 Å². The van der Waals surface area contributed by atoms with Crippen LogP contribution in [0.1, 0.15) is 37.5 Å². The zero-order valence-corrected chi connectivity index (χ0v) is 14.0. The lowest BCUT2D eigenvalue weighted by Gasteiger charge is -2.40. The Morgan fingerprint density at radius 1 is 1.13 bits per heavy atom. The summed E-state index contributed by atoms with van der Waals surface area (Å²) in [4.78, 5) is 12.1. The van der Waals surface area contributed by atoms with Crippen molar-refractivity contribution in [3.8, 4) is 0 Å². The number of carbonyl (C=O) groups is 1. The van der Waals surface area contributed by atoms with E-state index >= 15 is 0 Å². The zero-order valence-electron chi connectivity index (χ0n) is 13.3. The van der Waals surface area contributed by atoms with Crippen LogP contribution in [0.5, 0.6) is 0 Å². The van der Waals surface area contributed by atoms with E-state index in [0.29, 0.717) is 11.4 Å². The van der Waals surface area contributed by atoms with Gasteiger partial charge in [0.2, 0.25) is 0 Å². The lowest BCUT2D eigenvalue weighted by Crippen LogP contribution is -2.34. The quantitative estimate of drug-likeness (QED) is 0.687. The zero-order chi connectivity index (χ0) is 16.4. The third-order valence-electron chi connectivity index (χ3n) is 4.36. The Labute approximate surface area is 141 Å². The third-order valence-corrected chi connectivity index (χ3v) is 4.59. The Bertz CT molecular complexity index is 747. The van der Waals surface area contributed by atoms with E-state index in [9.17, 15) is 4.79 Å². The Hall–Kier alpha value is -2.06. The minimum Gasteiger partial charge on any atom is -0.456 e. The molecular weight excluding hydrogens is 308 g/mol. The maximum absolute atomic E-state index is 12.1. The van der Waals surface area contributed by atoms with Crippen LogP contribution in [0.3, 0.4) is 0 Å². The lowest BCUT2D eigenvalue weighted by molar-refractivity contribution is -0.159. The summed E-state index contributed by atoms with van der Waals surface area (Å²) in [6.45, 7) is 4.22. The number of benzene rings is 2. The molecule has 1 aliphatic rings. The largest absolute Gasteiger partial charge is 0.456 e. The van der Waals surface area contributed by atoms with E-state index in [1.54, 1.807) is 0 Å². The Morgan fingerprint density at radius 3 is 2.57 bits per heavy atom. The van der Waals surface area contributed by atoms with Crippen LogP contribution >= 0.6 is 11.6 Å². The summed E-state index contributed by atoms with van der Waals surface area (Å²) in [5, 5.41) is 0.647. The minimum atomic E-state index is -0.336. The lowest BCUT2D eigenvalue weighted by atomic mass is 9.72. The van der Waals surface area contributed by atoms with Gasteiger partial charge in [0, 0.05) is 10.4 Å². The van der Waals surface area contributed by atoms with Crippen molar-refractivity contribution in [1.82, 2.24) is 0 Å². The van der Waals surface area contributed by atoms with Crippen molar-refractivity contribution < 1.29 is 9.53 Å². The van der Waals surface area contributed by atoms with Gasteiger partial charge in [-0.05, 0) is 28.8 Å². The summed E-state index contributed by atoms with van der Waals surface area (Å²) in [5.41, 5.74) is 2.79. The first-order valence-electron chi connectivity index (χ1n) is 7.68. The molecule has 2 aromatic rings. The molecule has 0 aliphatic carbocycles. The molecule has 2 aromatic carbocycles. The second-order valence-electron chi connectivity index (χ2n) is 6.40. The number of esters is 1. The van der Waals surface area contributed by atoms with Crippen molar-refractivity contribution in [2.75, 3.05) is 0 Å². The van der Waals surface area contributed by atoms with Crippen LogP contribution in [0.4, 0.5) is 0 Å². The van der Waals surface area contributed by atoms with Gasteiger partial charge in [-0.3, -0.25) is 4.79 Å². The normalized spacial score (nSPS) is 22.0. The fourth-order valence-corrected chi connectivity index (χ4v) is 3.21. The van der Waals surface area contributed by atoms with Crippen molar-refractivity contribution in [2.45, 2.75) is 26.4 Å². The van der Waals surface area contributed by atoms with Crippen LogP contribution in [-0.4, -0.2) is 5.97 Å². The van der Waals surface area contributed by atoms with Gasteiger partial charge in [0.15, 0.2) is 0 Å². The van der Waals surface area contributed by atoms with E-state index in [2.05, 4.69) is 19.9 Å². The van der Waals surface area contributed by atoms with Crippen LogP contribution in [0, 0.1) is 5.41 Å². The number of halogens is 1. The maximum atomic E-state index is 12.1. The molecule has 0 N–H and O–H groups in total. The molecule has 0 spiro atoms. The SMILES string of the molecule is CC1(C)/C(=C/c2ccccc2)CC(=O)OC1c1cccc(Cl)c1. The fourth-order valence-electron chi connectivity index (χ4n) is 3.01. The molecule has 1 saturated heterocycles. The van der Waals surface area contributed by atoms with Gasteiger partial charge in [0.05, 0.1) is 6.42 Å². The van der Waals surface area contributed by atoms with Crippen LogP contribution in [-0.2, 0) is 9.53 Å². The van der Waals surface area contributed by atoms with E-state index in [1.165, 1.54) is 0 Å². The first-order valence-corrected chi connectivity index (χ1v) is 8.05. The van der Waals surface area contributed by atoms with Crippen molar-refractivity contribution in [2.24, 2.45) is 5.41 Å². The van der Waals surface area contributed by atoms with Crippen LogP contribution < -0.4 is 0 Å². The van der Waals surface area contributed by atoms with Gasteiger partial charge in [0.25, 0.3) is 0 Å². The molecule has 1 fully saturated rings. The molecule has 3 heteroatoms. The molecule has 3 rings (SSSR count). The van der Waals surface area contributed by atoms with Gasteiger partial charge >= 0.3 is 5.97 Å². The second-order valence-corrected chi connectivity index (χ2v) is 6.84. The van der Waals surface area contributed by atoms with Gasteiger partial charge in [-0.1, -0.05) is 74.0 Å². The van der Waals surface area contributed by atoms with E-state index in [4.69, 9.17) is 16.3 Å². The van der Waals surface area contributed by atoms with Crippen LogP contribution in [0.2, 0.25) is 5.02 Å². The topological polar surface area (TPSA) is 26.3 Å². The van der Waals surface area contributed by atoms with E-state index < -0.39 is 0 Å². The van der Waals surface area contributed by atoms with Crippen molar-refractivity contribution in [3.05, 3.63) is 76.3 Å². The summed E-state index contributed by atoms with van der Waals surface area (Å²) in [6.07, 6.45) is 2.08. The maximum Gasteiger partial charge on any atom is 0.310 e. The van der Waals surface area contributed by atoms with Crippen LogP contribution in [0.25, 0.3) is 6.08 Å². The molecule has 23 heavy (non-hydrogen) atoms. The number of carbonyl (C=O) groups excluding carboxylic acids is 1. The average molecular weight is 327 g/mol. The average Bonchev–Trinajstić information content (AvgIpc) is 2.52. The molecule has 0 bridgehead atoms. The second kappa shape index (κ2) is 6.21. The number of cyclic esters (lactones) is 1. The van der Waals surface area contributed by atoms with Gasteiger partial charge in [-0.15, -0.1) is 0 Å². The Balaban J connectivity index is 2.02. The molecule has 0 saturated carbocycles. The summed E-state index contributed by atoms with van der Waals surface area (Å²) in [7, 11) is 0. The summed E-state index contributed by atoms with van der Waals surface area (Å²) < 4.78 is 5.67. The molecule has 0 amide bonds. The monoisotopic (exact) mass is 326 g/mol. The molecule has 1 unspecified atom stereocenters. The highest BCUT2D eigenvalue weighted by molar-refractivity contribution is 6.30. The fraction of sp³-hybridized carbons (Fsp3) is 0.250. The van der Waals surface area contributed by atoms with Gasteiger partial charge in [0.1, 0.15) is 6.10 Å². The molecule has 1 atom stereocenters. The summed E-state index contributed by atoms with van der Waals surface area (Å²) in [5.74, 6) is -0.198. The highest BCUT2D eigenvalue weighted by Crippen LogP contribution is 2.48. The summed E-state index contributed by atoms with van der Waals surface area (Å²) in [6, 6.07) is 17.6. The molecule has 1 heterocycles. The first-order chi connectivity index (χ1) is 11.0. The van der Waals surface area contributed by atoms with Gasteiger partial charge < -0.3 is 4.74 Å². The molecule has 2 nitrogen and oxygen atoms in total. The van der Waals surface area contributed by atoms with E-state index in [-0.39, 0.29) is 17.5 Å². The molecular formula is C20H19ClO2. The van der Waals surface area contributed by atoms with Crippen molar-refractivity contribution in [1.29, 1.82) is 0 Å². The van der Waals surface area contributed by atoms with Crippen molar-refractivity contribution in [3.63, 3.8) is 0 Å². The van der Waals surface area contributed by atoms with E-state index in [1.807, 2.05) is 54.6 Å². The molecule has 0 aromatic heterocycles. The number of ether oxygens (including phenoxy) is 1. The van der Waals surface area contributed by atoms with E-state index in [0.717, 1.165) is 16.7 Å². The highest BCUT2D eigenvalue weighted by Gasteiger charge is 2.42. The highest BCUT2D eigenvalue weighted by atomic mass is 35.5. The number of hydrogen-bond acceptors (Lipinski definition) is 2. The predicted molar refractivity (Wildman–Crippen MR) is 93.1 cm³/mol. The minimum absolute atomic E-state index is 0.198. The molecule has 1 aliphatic heterocycles. The number of hydrogen-bond donors (Lipinski definition) is 0. The third kappa shape index (κ3) is 3.32. The van der Waals surface area contributed by atoms with Crippen molar-refractivity contribution >= 4 is 23.6 Å². The first kappa shape index (κ1) is 15.8. The predicted octanol–water partition coefficient (Wildman–Crippen LogP) is 5.44. The Morgan fingerprint density at radius 2 is 1.87 bits per heavy atom. The summed E-state index contributed by atoms with van der Waals surface area (Å²) >= 11 is 6.10. The van der Waals surface area contributed by atoms with Gasteiger partial charge in [-0.2, -0.15) is 0 Å². The molecule has 0 radical (unpaired) electrons. The van der Waals surface area contributed by atoms with Gasteiger partial charge in [-0.25, -0.2) is 0 Å². The Kier molecular flexibility index (Phi) is 4.27. The smallest absolute Gasteiger partial charge is 0.310 e. The standard InChI is InChI=1S/C20H19ClO2/c1-20(2)16(11-14-7-4-3-5-8-14)13-18(22)23-19(20)15-9-6-10-17(21)12-15/h3-12,19H,13H2,1-2H3/b16-11+. The number of rotatable bonds is 2. The molecule has 118 valence electrons.